The van der Waals surface area contributed by atoms with Crippen molar-refractivity contribution in [3.8, 4) is 0 Å². The predicted molar refractivity (Wildman–Crippen MR) is 87.4 cm³/mol. The number of benzene rings is 1. The van der Waals surface area contributed by atoms with Gasteiger partial charge in [-0.05, 0) is 48.3 Å². The Morgan fingerprint density at radius 1 is 1.27 bits per heavy atom. The van der Waals surface area contributed by atoms with Crippen molar-refractivity contribution in [1.82, 2.24) is 0 Å². The summed E-state index contributed by atoms with van der Waals surface area (Å²) in [6.45, 7) is 6.99. The Bertz CT molecular complexity index is 661. The van der Waals surface area contributed by atoms with Crippen LogP contribution >= 0.6 is 0 Å². The van der Waals surface area contributed by atoms with E-state index in [9.17, 15) is 10.1 Å². The average Bonchev–Trinajstić information content (AvgIpc) is 2.81. The lowest BCUT2D eigenvalue weighted by Crippen LogP contribution is -2.32. The molecule has 0 heterocycles. The summed E-state index contributed by atoms with van der Waals surface area (Å²) < 4.78 is 0. The van der Waals surface area contributed by atoms with E-state index in [4.69, 9.17) is 0 Å². The van der Waals surface area contributed by atoms with Crippen LogP contribution in [-0.4, -0.2) is 16.8 Å². The van der Waals surface area contributed by atoms with Gasteiger partial charge in [-0.15, -0.1) is 0 Å². The Morgan fingerprint density at radius 2 is 1.95 bits per heavy atom. The smallest absolute Gasteiger partial charge is 0.258 e. The normalized spacial score (nSPS) is 31.2. The van der Waals surface area contributed by atoms with Crippen LogP contribution in [0.4, 0.5) is 5.69 Å². The van der Waals surface area contributed by atoms with Gasteiger partial charge in [0.1, 0.15) is 0 Å². The van der Waals surface area contributed by atoms with Crippen molar-refractivity contribution in [2.75, 3.05) is 0 Å². The zero-order valence-corrected chi connectivity index (χ0v) is 13.2. The second-order valence-corrected chi connectivity index (χ2v) is 7.13. The van der Waals surface area contributed by atoms with Crippen molar-refractivity contribution in [1.29, 1.82) is 0 Å². The monoisotopic (exact) mass is 299 g/mol. The lowest BCUT2D eigenvalue weighted by atomic mass is 9.70. The molecule has 0 amide bonds. The summed E-state index contributed by atoms with van der Waals surface area (Å²) in [5.74, 6) is 0.714. The van der Waals surface area contributed by atoms with Gasteiger partial charge in [-0.25, -0.2) is 0 Å². The summed E-state index contributed by atoms with van der Waals surface area (Å²) in [5.41, 5.74) is 2.57. The number of fused-ring (bicyclic) bond motifs is 2. The highest BCUT2D eigenvalue weighted by atomic mass is 16.6. The third-order valence-corrected chi connectivity index (χ3v) is 6.00. The molecule has 22 heavy (non-hydrogen) atoms. The maximum absolute atomic E-state index is 10.6. The minimum Gasteiger partial charge on any atom is -0.258 e. The molecule has 1 aromatic rings. The molecular formula is C17H21N3O2. The number of rotatable bonds is 3. The largest absolute Gasteiger partial charge is 0.269 e. The van der Waals surface area contributed by atoms with Crippen LogP contribution in [0.15, 0.2) is 34.5 Å². The zero-order chi connectivity index (χ0) is 16.0. The first-order valence-corrected chi connectivity index (χ1v) is 7.69. The van der Waals surface area contributed by atoms with E-state index in [1.54, 1.807) is 18.3 Å². The first-order valence-electron chi connectivity index (χ1n) is 7.69. The molecule has 0 N–H and O–H groups in total. The molecule has 2 saturated carbocycles. The molecule has 0 aromatic heterocycles. The molecule has 0 aliphatic heterocycles. The van der Waals surface area contributed by atoms with Crippen molar-refractivity contribution in [3.05, 3.63) is 39.9 Å². The van der Waals surface area contributed by atoms with Crippen molar-refractivity contribution in [2.24, 2.45) is 27.0 Å². The molecule has 0 unspecified atom stereocenters. The minimum atomic E-state index is -0.403. The molecule has 0 saturated heterocycles. The molecule has 116 valence electrons. The van der Waals surface area contributed by atoms with Gasteiger partial charge in [0.2, 0.25) is 0 Å². The molecule has 2 fully saturated rings. The fourth-order valence-electron chi connectivity index (χ4n) is 3.93. The molecule has 5 heteroatoms. The van der Waals surface area contributed by atoms with Gasteiger partial charge in [-0.3, -0.25) is 10.1 Å². The lowest BCUT2D eigenvalue weighted by molar-refractivity contribution is -0.384. The van der Waals surface area contributed by atoms with Crippen molar-refractivity contribution in [2.45, 2.75) is 40.0 Å². The molecule has 2 aliphatic rings. The maximum atomic E-state index is 10.6. The lowest BCUT2D eigenvalue weighted by Gasteiger charge is -2.34. The number of hydrogen-bond donors (Lipinski definition) is 0. The Balaban J connectivity index is 1.76. The first kappa shape index (κ1) is 14.9. The van der Waals surface area contributed by atoms with Crippen molar-refractivity contribution >= 4 is 17.6 Å². The fraction of sp³-hybridized carbons (Fsp3) is 0.529. The van der Waals surface area contributed by atoms with Crippen LogP contribution in [0.25, 0.3) is 0 Å². The van der Waals surface area contributed by atoms with E-state index in [2.05, 4.69) is 31.0 Å². The highest BCUT2D eigenvalue weighted by Crippen LogP contribution is 2.63. The number of nitro groups is 1. The zero-order valence-electron chi connectivity index (χ0n) is 13.2. The molecule has 5 nitrogen and oxygen atoms in total. The molecule has 2 bridgehead atoms. The summed E-state index contributed by atoms with van der Waals surface area (Å²) >= 11 is 0. The Morgan fingerprint density at radius 3 is 2.45 bits per heavy atom. The maximum Gasteiger partial charge on any atom is 0.269 e. The van der Waals surface area contributed by atoms with Crippen LogP contribution in [0.1, 0.15) is 45.6 Å². The van der Waals surface area contributed by atoms with Crippen LogP contribution in [0.5, 0.6) is 0 Å². The molecule has 2 atom stereocenters. The summed E-state index contributed by atoms with van der Waals surface area (Å²) in [5, 5.41) is 19.3. The first-order chi connectivity index (χ1) is 10.3. The van der Waals surface area contributed by atoms with Crippen LogP contribution < -0.4 is 0 Å². The Labute approximate surface area is 130 Å². The summed E-state index contributed by atoms with van der Waals surface area (Å²) in [7, 11) is 0. The van der Waals surface area contributed by atoms with Gasteiger partial charge in [0.25, 0.3) is 5.69 Å². The molecule has 2 aliphatic carbocycles. The number of nitro benzene ring substituents is 1. The molecule has 3 rings (SSSR count). The molecule has 0 radical (unpaired) electrons. The van der Waals surface area contributed by atoms with Gasteiger partial charge in [-0.2, -0.15) is 10.2 Å². The van der Waals surface area contributed by atoms with E-state index in [1.165, 1.54) is 30.7 Å². The van der Waals surface area contributed by atoms with Gasteiger partial charge >= 0.3 is 0 Å². The predicted octanol–water partition coefficient (Wildman–Crippen LogP) is 4.22. The average molecular weight is 299 g/mol. The van der Waals surface area contributed by atoms with Gasteiger partial charge < -0.3 is 0 Å². The van der Waals surface area contributed by atoms with Gasteiger partial charge in [-0.1, -0.05) is 20.8 Å². The van der Waals surface area contributed by atoms with Gasteiger partial charge in [0, 0.05) is 23.3 Å². The van der Waals surface area contributed by atoms with Crippen LogP contribution in [0, 0.1) is 26.9 Å². The van der Waals surface area contributed by atoms with Crippen molar-refractivity contribution in [3.63, 3.8) is 0 Å². The van der Waals surface area contributed by atoms with E-state index in [0.717, 1.165) is 12.0 Å². The second-order valence-electron chi connectivity index (χ2n) is 7.13. The van der Waals surface area contributed by atoms with E-state index < -0.39 is 4.92 Å². The third-order valence-electron chi connectivity index (χ3n) is 6.00. The highest BCUT2D eigenvalue weighted by molar-refractivity contribution is 5.94. The Kier molecular flexibility index (Phi) is 3.38. The van der Waals surface area contributed by atoms with E-state index in [-0.39, 0.29) is 11.1 Å². The minimum absolute atomic E-state index is 0.0887. The van der Waals surface area contributed by atoms with E-state index in [0.29, 0.717) is 11.3 Å². The second kappa shape index (κ2) is 5.00. The van der Waals surface area contributed by atoms with Crippen LogP contribution in [0.3, 0.4) is 0 Å². The van der Waals surface area contributed by atoms with Gasteiger partial charge in [0.15, 0.2) is 0 Å². The summed E-state index contributed by atoms with van der Waals surface area (Å²) in [6.07, 6.45) is 5.19. The van der Waals surface area contributed by atoms with Crippen LogP contribution in [-0.2, 0) is 0 Å². The van der Waals surface area contributed by atoms with Crippen LogP contribution in [0.2, 0.25) is 0 Å². The summed E-state index contributed by atoms with van der Waals surface area (Å²) in [4.78, 5) is 10.2. The number of non-ortho nitro benzene ring substituents is 1. The fourth-order valence-corrected chi connectivity index (χ4v) is 3.93. The number of hydrogen-bond acceptors (Lipinski definition) is 4. The molecule has 1 aromatic carbocycles. The standard InChI is InChI=1S/C17H21N3O2/c1-16(2)13-8-9-17(16,3)15(10-13)19-18-11-12-4-6-14(7-5-12)20(21)22/h4-7,11,13H,8-10H2,1-3H3/b18-11-,19-15+/t13-,17-/m0/s1. The topological polar surface area (TPSA) is 67.9 Å². The van der Waals surface area contributed by atoms with Gasteiger partial charge in [0.05, 0.1) is 11.1 Å². The Hall–Kier alpha value is -2.04. The third kappa shape index (κ3) is 2.16. The van der Waals surface area contributed by atoms with E-state index in [1.807, 2.05) is 0 Å². The quantitative estimate of drug-likeness (QED) is 0.476. The molecular weight excluding hydrogens is 278 g/mol. The SMILES string of the molecule is CC1(C)[C@H]2CC[C@@]1(C)/C(=N/N=C\c1ccc([N+](=O)[O-])cc1)C2. The number of nitrogens with zero attached hydrogens (tertiary/aromatic N) is 3. The highest BCUT2D eigenvalue weighted by Gasteiger charge is 2.59. The van der Waals surface area contributed by atoms with E-state index >= 15 is 0 Å². The molecule has 0 spiro atoms. The van der Waals surface area contributed by atoms with Crippen molar-refractivity contribution < 1.29 is 4.92 Å². The summed E-state index contributed by atoms with van der Waals surface area (Å²) in [6, 6.07) is 6.34.